The molecule has 29 heavy (non-hydrogen) atoms. The van der Waals surface area contributed by atoms with Crippen molar-refractivity contribution in [1.82, 2.24) is 15.5 Å². The van der Waals surface area contributed by atoms with Gasteiger partial charge < -0.3 is 15.7 Å². The van der Waals surface area contributed by atoms with Gasteiger partial charge in [-0.25, -0.2) is 4.39 Å². The van der Waals surface area contributed by atoms with Crippen LogP contribution in [0, 0.1) is 11.7 Å². The van der Waals surface area contributed by atoms with Gasteiger partial charge in [0.2, 0.25) is 11.8 Å². The van der Waals surface area contributed by atoms with Crippen LogP contribution in [0.4, 0.5) is 4.39 Å². The molecule has 1 saturated carbocycles. The van der Waals surface area contributed by atoms with Gasteiger partial charge in [0, 0.05) is 45.1 Å². The van der Waals surface area contributed by atoms with Crippen molar-refractivity contribution in [1.29, 1.82) is 0 Å². The Hall–Kier alpha value is -2.48. The molecule has 2 atom stereocenters. The van der Waals surface area contributed by atoms with Crippen molar-refractivity contribution in [2.75, 3.05) is 13.1 Å². The van der Waals surface area contributed by atoms with E-state index in [4.69, 9.17) is 9.90 Å². The monoisotopic (exact) mass is 407 g/mol. The van der Waals surface area contributed by atoms with Gasteiger partial charge in [-0.1, -0.05) is 12.1 Å². The fraction of sp³-hybridized carbons (Fsp3) is 0.571. The molecule has 0 bridgehead atoms. The summed E-state index contributed by atoms with van der Waals surface area (Å²) in [6.07, 6.45) is 4.97. The Morgan fingerprint density at radius 3 is 2.52 bits per heavy atom. The van der Waals surface area contributed by atoms with Crippen molar-refractivity contribution in [2.45, 2.75) is 57.7 Å². The van der Waals surface area contributed by atoms with Crippen LogP contribution < -0.4 is 10.6 Å². The molecular formula is C21H30FN3O4. The van der Waals surface area contributed by atoms with E-state index >= 15 is 0 Å². The van der Waals surface area contributed by atoms with Gasteiger partial charge >= 0.3 is 0 Å². The first-order valence-corrected chi connectivity index (χ1v) is 10.0. The second-order valence-corrected chi connectivity index (χ2v) is 7.68. The summed E-state index contributed by atoms with van der Waals surface area (Å²) in [4.78, 5) is 34.4. The Labute approximate surface area is 170 Å². The van der Waals surface area contributed by atoms with Crippen LogP contribution in [0.5, 0.6) is 0 Å². The first-order valence-electron chi connectivity index (χ1n) is 10.0. The number of likely N-dealkylation sites (tertiary alicyclic amines) is 1. The maximum absolute atomic E-state index is 13.2. The molecule has 8 heteroatoms. The van der Waals surface area contributed by atoms with Crippen molar-refractivity contribution in [3.05, 3.63) is 35.6 Å². The van der Waals surface area contributed by atoms with E-state index in [1.54, 1.807) is 6.07 Å². The smallest absolute Gasteiger partial charge is 0.290 e. The van der Waals surface area contributed by atoms with E-state index in [9.17, 15) is 14.0 Å². The van der Waals surface area contributed by atoms with Gasteiger partial charge in [0.15, 0.2) is 0 Å². The Balaban J connectivity index is 0.000000941. The zero-order chi connectivity index (χ0) is 21.2. The molecule has 2 aliphatic rings. The first-order chi connectivity index (χ1) is 13.9. The van der Waals surface area contributed by atoms with Gasteiger partial charge in [0.05, 0.1) is 0 Å². The van der Waals surface area contributed by atoms with Crippen molar-refractivity contribution in [2.24, 2.45) is 5.92 Å². The molecule has 2 amide bonds. The van der Waals surface area contributed by atoms with Crippen LogP contribution >= 0.6 is 0 Å². The number of carbonyl (C=O) groups is 3. The third-order valence-corrected chi connectivity index (χ3v) is 5.32. The van der Waals surface area contributed by atoms with Crippen molar-refractivity contribution >= 4 is 18.3 Å². The number of nitrogens with one attached hydrogen (secondary N) is 2. The summed E-state index contributed by atoms with van der Waals surface area (Å²) in [7, 11) is 0. The van der Waals surface area contributed by atoms with E-state index < -0.39 is 0 Å². The topological polar surface area (TPSA) is 98.7 Å². The van der Waals surface area contributed by atoms with Crippen LogP contribution in [0.25, 0.3) is 0 Å². The number of amides is 2. The molecule has 3 N–H and O–H groups in total. The fourth-order valence-corrected chi connectivity index (χ4v) is 3.75. The summed E-state index contributed by atoms with van der Waals surface area (Å²) in [5.74, 6) is 0.447. The van der Waals surface area contributed by atoms with E-state index in [1.807, 2.05) is 6.07 Å². The quantitative estimate of drug-likeness (QED) is 0.572. The molecule has 1 aromatic rings. The number of rotatable bonds is 8. The SMILES string of the molecule is CC(=O)NC[C@@H]1CC[C@H](CC(=O)NCc2cccc(F)c2)N1CC1CC1.O=CO. The predicted molar refractivity (Wildman–Crippen MR) is 106 cm³/mol. The molecule has 7 nitrogen and oxygen atoms in total. The van der Waals surface area contributed by atoms with E-state index in [2.05, 4.69) is 15.5 Å². The molecule has 1 saturated heterocycles. The molecular weight excluding hydrogens is 377 g/mol. The Kier molecular flexibility index (Phi) is 9.05. The van der Waals surface area contributed by atoms with E-state index in [1.165, 1.54) is 31.9 Å². The predicted octanol–water partition coefficient (Wildman–Crippen LogP) is 1.91. The van der Waals surface area contributed by atoms with Gasteiger partial charge in [-0.05, 0) is 49.3 Å². The normalized spacial score (nSPS) is 21.0. The lowest BCUT2D eigenvalue weighted by Crippen LogP contribution is -2.45. The second kappa shape index (κ2) is 11.5. The zero-order valence-electron chi connectivity index (χ0n) is 16.8. The van der Waals surface area contributed by atoms with Crippen molar-refractivity contribution < 1.29 is 23.9 Å². The summed E-state index contributed by atoms with van der Waals surface area (Å²) in [5.41, 5.74) is 0.767. The molecule has 0 spiro atoms. The number of nitrogens with zero attached hydrogens (tertiary/aromatic N) is 1. The molecule has 0 aromatic heterocycles. The lowest BCUT2D eigenvalue weighted by Gasteiger charge is -2.30. The van der Waals surface area contributed by atoms with Gasteiger partial charge in [-0.2, -0.15) is 0 Å². The van der Waals surface area contributed by atoms with Crippen molar-refractivity contribution in [3.63, 3.8) is 0 Å². The lowest BCUT2D eigenvalue weighted by molar-refractivity contribution is -0.123. The number of benzene rings is 1. The highest BCUT2D eigenvalue weighted by atomic mass is 19.1. The minimum absolute atomic E-state index is 0.000218. The Morgan fingerprint density at radius 1 is 1.21 bits per heavy atom. The molecule has 3 rings (SSSR count). The Morgan fingerprint density at radius 2 is 1.90 bits per heavy atom. The summed E-state index contributed by atoms with van der Waals surface area (Å²) in [6, 6.07) is 6.84. The van der Waals surface area contributed by atoms with Crippen LogP contribution in [0.2, 0.25) is 0 Å². The molecule has 0 radical (unpaired) electrons. The molecule has 1 aliphatic heterocycles. The molecule has 1 aromatic carbocycles. The lowest BCUT2D eigenvalue weighted by atomic mass is 10.1. The van der Waals surface area contributed by atoms with Crippen LogP contribution in [0.3, 0.4) is 0 Å². The van der Waals surface area contributed by atoms with Crippen LogP contribution in [-0.4, -0.2) is 53.5 Å². The molecule has 2 fully saturated rings. The number of halogens is 1. The van der Waals surface area contributed by atoms with Gasteiger partial charge in [-0.15, -0.1) is 0 Å². The largest absolute Gasteiger partial charge is 0.483 e. The van der Waals surface area contributed by atoms with Crippen LogP contribution in [0.1, 0.15) is 44.6 Å². The van der Waals surface area contributed by atoms with Gasteiger partial charge in [0.25, 0.3) is 6.47 Å². The highest BCUT2D eigenvalue weighted by molar-refractivity contribution is 5.76. The molecule has 0 unspecified atom stereocenters. The standard InChI is InChI=1S/C20H28FN3O2.CH2O2/c1-14(25)22-12-19-8-7-18(24(19)13-15-5-6-15)10-20(26)23-11-16-3-2-4-17(21)9-16;2-1-3/h2-4,9,15,18-19H,5-8,10-13H2,1H3,(H,22,25)(H,23,26);1H,(H,2,3)/t18-,19+;/m1./s1. The highest BCUT2D eigenvalue weighted by Gasteiger charge is 2.37. The minimum Gasteiger partial charge on any atom is -0.483 e. The average Bonchev–Trinajstić information content (AvgIpc) is 3.41. The highest BCUT2D eigenvalue weighted by Crippen LogP contribution is 2.35. The third kappa shape index (κ3) is 8.19. The fourth-order valence-electron chi connectivity index (χ4n) is 3.75. The molecule has 1 heterocycles. The van der Waals surface area contributed by atoms with E-state index in [-0.39, 0.29) is 30.1 Å². The molecule has 1 aliphatic carbocycles. The number of carbonyl (C=O) groups excluding carboxylic acids is 2. The van der Waals surface area contributed by atoms with E-state index in [0.29, 0.717) is 25.6 Å². The van der Waals surface area contributed by atoms with E-state index in [0.717, 1.165) is 30.9 Å². The molecule has 160 valence electrons. The van der Waals surface area contributed by atoms with Gasteiger partial charge in [-0.3, -0.25) is 19.3 Å². The third-order valence-electron chi connectivity index (χ3n) is 5.32. The maximum atomic E-state index is 13.2. The number of carboxylic acid groups (broad SMARTS) is 1. The van der Waals surface area contributed by atoms with Gasteiger partial charge in [0.1, 0.15) is 5.82 Å². The summed E-state index contributed by atoms with van der Waals surface area (Å²) in [6.45, 7) is 3.31. The minimum atomic E-state index is -0.288. The van der Waals surface area contributed by atoms with Crippen LogP contribution in [0.15, 0.2) is 24.3 Å². The number of hydrogen-bond acceptors (Lipinski definition) is 4. The summed E-state index contributed by atoms with van der Waals surface area (Å²) in [5, 5.41) is 12.7. The first kappa shape index (κ1) is 22.8. The zero-order valence-corrected chi connectivity index (χ0v) is 16.8. The average molecular weight is 407 g/mol. The maximum Gasteiger partial charge on any atom is 0.290 e. The van der Waals surface area contributed by atoms with Crippen LogP contribution in [-0.2, 0) is 20.9 Å². The summed E-state index contributed by atoms with van der Waals surface area (Å²) < 4.78 is 13.2. The second-order valence-electron chi connectivity index (χ2n) is 7.68. The Bertz CT molecular complexity index is 696. The summed E-state index contributed by atoms with van der Waals surface area (Å²) >= 11 is 0. The van der Waals surface area contributed by atoms with Crippen molar-refractivity contribution in [3.8, 4) is 0 Å². The number of hydrogen-bond donors (Lipinski definition) is 3.